The first-order chi connectivity index (χ1) is 11.1. The molecule has 1 aromatic carbocycles. The first-order valence-corrected chi connectivity index (χ1v) is 7.13. The van der Waals surface area contributed by atoms with E-state index in [1.54, 1.807) is 25.3 Å². The Labute approximate surface area is 133 Å². The van der Waals surface area contributed by atoms with Gasteiger partial charge in [-0.1, -0.05) is 30.9 Å². The first-order valence-electron chi connectivity index (χ1n) is 7.13. The number of fused-ring (bicyclic) bond motifs is 1. The summed E-state index contributed by atoms with van der Waals surface area (Å²) in [6.45, 7) is 5.58. The zero-order valence-electron chi connectivity index (χ0n) is 12.9. The molecule has 5 nitrogen and oxygen atoms in total. The minimum Gasteiger partial charge on any atom is -0.409 e. The molecule has 0 aliphatic heterocycles. The molecule has 0 aliphatic carbocycles. The van der Waals surface area contributed by atoms with Crippen LogP contribution >= 0.6 is 0 Å². The average Bonchev–Trinajstić information content (AvgIpc) is 2.94. The molecule has 0 bridgehead atoms. The summed E-state index contributed by atoms with van der Waals surface area (Å²) in [5.41, 5.74) is 2.76. The topological polar surface area (TPSA) is 57.3 Å². The number of ether oxygens (including phenoxy) is 1. The number of hydrogen-bond acceptors (Lipinski definition) is 4. The van der Waals surface area contributed by atoms with Gasteiger partial charge in [-0.15, -0.1) is 0 Å². The zero-order chi connectivity index (χ0) is 16.4. The molecule has 23 heavy (non-hydrogen) atoms. The molecule has 3 rings (SSSR count). The molecule has 0 saturated heterocycles. The van der Waals surface area contributed by atoms with Crippen molar-refractivity contribution >= 4 is 16.7 Å². The van der Waals surface area contributed by atoms with Gasteiger partial charge in [0.25, 0.3) is 5.56 Å². The largest absolute Gasteiger partial charge is 0.409 e. The van der Waals surface area contributed by atoms with E-state index in [0.717, 1.165) is 11.3 Å². The Morgan fingerprint density at radius 2 is 2.09 bits per heavy atom. The lowest BCUT2D eigenvalue weighted by molar-refractivity contribution is 0.337. The van der Waals surface area contributed by atoms with Crippen LogP contribution in [0.1, 0.15) is 12.6 Å². The third-order valence-corrected chi connectivity index (χ3v) is 3.51. The summed E-state index contributed by atoms with van der Waals surface area (Å²) in [7, 11) is 1.69. The summed E-state index contributed by atoms with van der Waals surface area (Å²) in [4.78, 5) is 16.6. The third-order valence-electron chi connectivity index (χ3n) is 3.51. The van der Waals surface area contributed by atoms with Crippen molar-refractivity contribution in [2.75, 3.05) is 0 Å². The minimum absolute atomic E-state index is 0.0504. The van der Waals surface area contributed by atoms with Gasteiger partial charge in [-0.05, 0) is 36.8 Å². The van der Waals surface area contributed by atoms with Gasteiger partial charge < -0.3 is 13.7 Å². The van der Waals surface area contributed by atoms with Crippen molar-refractivity contribution in [1.82, 2.24) is 9.55 Å². The number of pyridine rings is 1. The van der Waals surface area contributed by atoms with Crippen LogP contribution < -0.4 is 10.3 Å². The molecule has 0 spiro atoms. The van der Waals surface area contributed by atoms with E-state index in [2.05, 4.69) is 11.6 Å². The Balaban J connectivity index is 1.97. The Morgan fingerprint density at radius 1 is 1.30 bits per heavy atom. The third kappa shape index (κ3) is 2.81. The minimum atomic E-state index is -0.262. The number of oxazole rings is 1. The van der Waals surface area contributed by atoms with Gasteiger partial charge in [0.05, 0.1) is 0 Å². The van der Waals surface area contributed by atoms with Crippen LogP contribution in [0.2, 0.25) is 0 Å². The maximum absolute atomic E-state index is 12.4. The maximum Gasteiger partial charge on any atom is 0.400 e. The van der Waals surface area contributed by atoms with Crippen LogP contribution in [-0.4, -0.2) is 9.55 Å². The molecule has 0 radical (unpaired) electrons. The summed E-state index contributed by atoms with van der Waals surface area (Å²) in [6, 6.07) is 10.7. The van der Waals surface area contributed by atoms with E-state index in [1.165, 1.54) is 4.57 Å². The normalized spacial score (nSPS) is 11.7. The number of para-hydroxylation sites is 2. The second kappa shape index (κ2) is 5.96. The molecule has 0 amide bonds. The van der Waals surface area contributed by atoms with E-state index in [1.807, 2.05) is 37.3 Å². The smallest absolute Gasteiger partial charge is 0.400 e. The van der Waals surface area contributed by atoms with Gasteiger partial charge in [0.2, 0.25) is 0 Å². The van der Waals surface area contributed by atoms with E-state index in [4.69, 9.17) is 9.15 Å². The van der Waals surface area contributed by atoms with Crippen LogP contribution in [0, 0.1) is 0 Å². The summed E-state index contributed by atoms with van der Waals surface area (Å²) in [5, 5.41) is 0. The number of aromatic nitrogens is 2. The number of nitrogens with zero attached hydrogens (tertiary/aromatic N) is 2. The van der Waals surface area contributed by atoms with Crippen molar-refractivity contribution < 1.29 is 9.15 Å². The van der Waals surface area contributed by atoms with Gasteiger partial charge in [0.15, 0.2) is 11.3 Å². The monoisotopic (exact) mass is 308 g/mol. The van der Waals surface area contributed by atoms with Crippen LogP contribution in [0.5, 0.6) is 11.8 Å². The average molecular weight is 308 g/mol. The van der Waals surface area contributed by atoms with Crippen molar-refractivity contribution in [1.29, 1.82) is 0 Å². The second-order valence-electron chi connectivity index (χ2n) is 5.08. The van der Waals surface area contributed by atoms with Crippen molar-refractivity contribution in [3.05, 3.63) is 71.2 Å². The molecular formula is C18H16N2O3. The molecular weight excluding hydrogens is 292 g/mol. The van der Waals surface area contributed by atoms with Crippen molar-refractivity contribution in [2.45, 2.75) is 6.92 Å². The molecule has 116 valence electrons. The summed E-state index contributed by atoms with van der Waals surface area (Å²) < 4.78 is 12.5. The Bertz CT molecular complexity index is 931. The van der Waals surface area contributed by atoms with Crippen LogP contribution in [-0.2, 0) is 7.05 Å². The maximum atomic E-state index is 12.4. The summed E-state index contributed by atoms with van der Waals surface area (Å²) in [6.07, 6.45) is 3.58. The molecule has 2 aromatic heterocycles. The lowest BCUT2D eigenvalue weighted by atomic mass is 10.1. The molecule has 0 saturated carbocycles. The van der Waals surface area contributed by atoms with Crippen LogP contribution in [0.4, 0.5) is 0 Å². The highest BCUT2D eigenvalue weighted by Crippen LogP contribution is 2.24. The van der Waals surface area contributed by atoms with Crippen LogP contribution in [0.3, 0.4) is 0 Å². The molecule has 2 heterocycles. The van der Waals surface area contributed by atoms with Gasteiger partial charge in [0, 0.05) is 12.7 Å². The van der Waals surface area contributed by atoms with Crippen LogP contribution in [0.25, 0.3) is 16.7 Å². The highest BCUT2D eigenvalue weighted by atomic mass is 16.6. The predicted octanol–water partition coefficient (Wildman–Crippen LogP) is 3.91. The lowest BCUT2D eigenvalue weighted by Crippen LogP contribution is -2.20. The Morgan fingerprint density at radius 3 is 2.83 bits per heavy atom. The molecule has 3 aromatic rings. The molecule has 0 fully saturated rings. The predicted molar refractivity (Wildman–Crippen MR) is 89.6 cm³/mol. The molecule has 0 aliphatic rings. The summed E-state index contributed by atoms with van der Waals surface area (Å²) in [5.74, 6) is 0.161. The summed E-state index contributed by atoms with van der Waals surface area (Å²) >= 11 is 0. The standard InChI is InChI=1S/C18H16N2O3/c1-4-7-12(2)14-10-11-16(17(21)20(14)3)23-18-19-13-8-5-6-9-15(13)22-18/h4-11H,1H2,2-3H3/b12-7+. The van der Waals surface area contributed by atoms with E-state index in [9.17, 15) is 4.79 Å². The fourth-order valence-corrected chi connectivity index (χ4v) is 2.34. The molecule has 0 atom stereocenters. The fraction of sp³-hybridized carbons (Fsp3) is 0.111. The van der Waals surface area contributed by atoms with Gasteiger partial charge in [-0.25, -0.2) is 0 Å². The van der Waals surface area contributed by atoms with Gasteiger partial charge >= 0.3 is 6.08 Å². The highest BCUT2D eigenvalue weighted by molar-refractivity contribution is 5.72. The van der Waals surface area contributed by atoms with E-state index < -0.39 is 0 Å². The second-order valence-corrected chi connectivity index (χ2v) is 5.08. The SMILES string of the molecule is C=C/C=C(\C)c1ccc(Oc2nc3ccccc3o2)c(=O)n1C. The van der Waals surface area contributed by atoms with E-state index >= 15 is 0 Å². The Kier molecular flexibility index (Phi) is 3.85. The van der Waals surface area contributed by atoms with Crippen molar-refractivity contribution in [2.24, 2.45) is 7.05 Å². The Hall–Kier alpha value is -3.08. The molecule has 5 heteroatoms. The zero-order valence-corrected chi connectivity index (χ0v) is 12.9. The van der Waals surface area contributed by atoms with Crippen molar-refractivity contribution in [3.63, 3.8) is 0 Å². The van der Waals surface area contributed by atoms with Crippen LogP contribution in [0.15, 0.2) is 64.3 Å². The van der Waals surface area contributed by atoms with E-state index in [0.29, 0.717) is 11.1 Å². The number of hydrogen-bond donors (Lipinski definition) is 0. The van der Waals surface area contributed by atoms with Gasteiger partial charge in [-0.2, -0.15) is 4.98 Å². The fourth-order valence-electron chi connectivity index (χ4n) is 2.34. The van der Waals surface area contributed by atoms with Gasteiger partial charge in [-0.3, -0.25) is 4.79 Å². The quantitative estimate of drug-likeness (QED) is 0.686. The van der Waals surface area contributed by atoms with Crippen molar-refractivity contribution in [3.8, 4) is 11.8 Å². The number of allylic oxidation sites excluding steroid dienone is 3. The molecule has 0 unspecified atom stereocenters. The van der Waals surface area contributed by atoms with E-state index in [-0.39, 0.29) is 17.4 Å². The highest BCUT2D eigenvalue weighted by Gasteiger charge is 2.12. The number of benzene rings is 1. The van der Waals surface area contributed by atoms with Gasteiger partial charge in [0.1, 0.15) is 5.52 Å². The first kappa shape index (κ1) is 14.8. The number of rotatable bonds is 4. The lowest BCUT2D eigenvalue weighted by Gasteiger charge is -2.09. The molecule has 0 N–H and O–H groups in total.